The highest BCUT2D eigenvalue weighted by Crippen LogP contribution is 2.23. The van der Waals surface area contributed by atoms with Crippen molar-refractivity contribution in [1.29, 1.82) is 5.41 Å². The van der Waals surface area contributed by atoms with Crippen LogP contribution in [0.3, 0.4) is 0 Å². The summed E-state index contributed by atoms with van der Waals surface area (Å²) < 4.78 is 32.2. The van der Waals surface area contributed by atoms with Crippen LogP contribution in [-0.4, -0.2) is 5.84 Å². The van der Waals surface area contributed by atoms with E-state index in [4.69, 9.17) is 27.5 Å². The van der Waals surface area contributed by atoms with Gasteiger partial charge in [0.05, 0.1) is 5.02 Å². The van der Waals surface area contributed by atoms with Gasteiger partial charge in [-0.05, 0) is 24.3 Å². The van der Waals surface area contributed by atoms with Crippen molar-refractivity contribution in [2.45, 2.75) is 6.61 Å². The minimum Gasteiger partial charge on any atom is -0.486 e. The summed E-state index contributed by atoms with van der Waals surface area (Å²) in [6.45, 7) is -0.0626. The van der Waals surface area contributed by atoms with Gasteiger partial charge in [-0.3, -0.25) is 5.41 Å². The van der Waals surface area contributed by atoms with Crippen LogP contribution in [0.1, 0.15) is 11.1 Å². The molecule has 0 aliphatic heterocycles. The van der Waals surface area contributed by atoms with Gasteiger partial charge in [-0.15, -0.1) is 0 Å². The molecule has 0 aromatic heterocycles. The largest absolute Gasteiger partial charge is 0.486 e. The normalized spacial score (nSPS) is 10.3. The van der Waals surface area contributed by atoms with Crippen LogP contribution in [0, 0.1) is 17.0 Å². The van der Waals surface area contributed by atoms with Crippen LogP contribution in [0.2, 0.25) is 5.02 Å². The van der Waals surface area contributed by atoms with Crippen LogP contribution in [0.15, 0.2) is 36.4 Å². The van der Waals surface area contributed by atoms with Gasteiger partial charge in [-0.25, -0.2) is 8.78 Å². The zero-order valence-corrected chi connectivity index (χ0v) is 11.0. The number of nitrogens with two attached hydrogens (primary N) is 1. The SMILES string of the molecule is N=C(N)c1ccc(OCc2cccc(F)c2Cl)c(F)c1. The minimum absolute atomic E-state index is 0.0182. The first-order chi connectivity index (χ1) is 9.49. The number of amidine groups is 1. The van der Waals surface area contributed by atoms with Crippen molar-refractivity contribution in [2.75, 3.05) is 0 Å². The van der Waals surface area contributed by atoms with E-state index in [-0.39, 0.29) is 28.8 Å². The Labute approximate surface area is 119 Å². The van der Waals surface area contributed by atoms with E-state index in [0.29, 0.717) is 5.56 Å². The Balaban J connectivity index is 2.15. The minimum atomic E-state index is -0.648. The van der Waals surface area contributed by atoms with Crippen LogP contribution in [0.5, 0.6) is 5.75 Å². The van der Waals surface area contributed by atoms with Crippen LogP contribution < -0.4 is 10.5 Å². The van der Waals surface area contributed by atoms with Crippen LogP contribution in [-0.2, 0) is 6.61 Å². The Kier molecular flexibility index (Phi) is 4.20. The topological polar surface area (TPSA) is 59.1 Å². The van der Waals surface area contributed by atoms with Crippen molar-refractivity contribution in [3.05, 3.63) is 64.2 Å². The molecule has 0 spiro atoms. The molecular weight excluding hydrogens is 286 g/mol. The lowest BCUT2D eigenvalue weighted by atomic mass is 10.2. The Morgan fingerprint density at radius 1 is 1.20 bits per heavy atom. The number of ether oxygens (including phenoxy) is 1. The van der Waals surface area contributed by atoms with Crippen molar-refractivity contribution >= 4 is 17.4 Å². The van der Waals surface area contributed by atoms with Crippen LogP contribution in [0.25, 0.3) is 0 Å². The lowest BCUT2D eigenvalue weighted by molar-refractivity contribution is 0.290. The Bertz CT molecular complexity index is 662. The fraction of sp³-hybridized carbons (Fsp3) is 0.0714. The number of benzene rings is 2. The molecule has 6 heteroatoms. The van der Waals surface area contributed by atoms with Gasteiger partial charge >= 0.3 is 0 Å². The van der Waals surface area contributed by atoms with Gasteiger partial charge in [0.1, 0.15) is 18.3 Å². The summed E-state index contributed by atoms with van der Waals surface area (Å²) in [4.78, 5) is 0. The molecule has 2 aromatic rings. The zero-order chi connectivity index (χ0) is 14.7. The maximum absolute atomic E-state index is 13.7. The van der Waals surface area contributed by atoms with Gasteiger partial charge < -0.3 is 10.5 Å². The van der Waals surface area contributed by atoms with E-state index >= 15 is 0 Å². The summed E-state index contributed by atoms with van der Waals surface area (Å²) in [6.07, 6.45) is 0. The standard InChI is InChI=1S/C14H11ClF2N2O/c15-13-9(2-1-3-10(13)16)7-20-12-5-4-8(14(18)19)6-11(12)17/h1-6H,7H2,(H3,18,19). The average molecular weight is 297 g/mol. The van der Waals surface area contributed by atoms with Gasteiger partial charge in [0, 0.05) is 11.1 Å². The molecule has 20 heavy (non-hydrogen) atoms. The molecule has 0 bridgehead atoms. The summed E-state index contributed by atoms with van der Waals surface area (Å²) in [7, 11) is 0. The van der Waals surface area contributed by atoms with E-state index in [1.54, 1.807) is 6.07 Å². The molecule has 0 heterocycles. The van der Waals surface area contributed by atoms with Crippen LogP contribution in [0.4, 0.5) is 8.78 Å². The molecule has 0 radical (unpaired) electrons. The molecule has 0 saturated heterocycles. The molecule has 0 unspecified atom stereocenters. The molecule has 0 atom stereocenters. The maximum Gasteiger partial charge on any atom is 0.165 e. The number of rotatable bonds is 4. The predicted octanol–water partition coefficient (Wildman–Crippen LogP) is 3.48. The summed E-state index contributed by atoms with van der Waals surface area (Å²) in [5.41, 5.74) is 5.93. The van der Waals surface area contributed by atoms with Gasteiger partial charge in [-0.2, -0.15) is 0 Å². The first-order valence-electron chi connectivity index (χ1n) is 5.68. The smallest absolute Gasteiger partial charge is 0.165 e. The Hall–Kier alpha value is -2.14. The first-order valence-corrected chi connectivity index (χ1v) is 6.06. The average Bonchev–Trinajstić information content (AvgIpc) is 2.41. The van der Waals surface area contributed by atoms with E-state index in [1.807, 2.05) is 0 Å². The third-order valence-corrected chi connectivity index (χ3v) is 3.08. The number of hydrogen-bond donors (Lipinski definition) is 2. The predicted molar refractivity (Wildman–Crippen MR) is 73.2 cm³/mol. The van der Waals surface area contributed by atoms with E-state index in [0.717, 1.165) is 6.07 Å². The van der Waals surface area contributed by atoms with Crippen molar-refractivity contribution < 1.29 is 13.5 Å². The lowest BCUT2D eigenvalue weighted by Crippen LogP contribution is -2.11. The van der Waals surface area contributed by atoms with E-state index < -0.39 is 11.6 Å². The third-order valence-electron chi connectivity index (χ3n) is 2.66. The van der Waals surface area contributed by atoms with Crippen molar-refractivity contribution in [1.82, 2.24) is 0 Å². The highest BCUT2D eigenvalue weighted by Gasteiger charge is 2.09. The van der Waals surface area contributed by atoms with Crippen molar-refractivity contribution in [3.8, 4) is 5.75 Å². The molecule has 2 aromatic carbocycles. The monoisotopic (exact) mass is 296 g/mol. The second-order valence-electron chi connectivity index (χ2n) is 4.06. The van der Waals surface area contributed by atoms with E-state index in [1.165, 1.54) is 24.3 Å². The number of hydrogen-bond acceptors (Lipinski definition) is 2. The molecule has 3 N–H and O–H groups in total. The summed E-state index contributed by atoms with van der Waals surface area (Å²) in [5.74, 6) is -1.45. The van der Waals surface area contributed by atoms with Crippen molar-refractivity contribution in [2.24, 2.45) is 5.73 Å². The molecular formula is C14H11ClF2N2O. The molecule has 0 aliphatic carbocycles. The molecule has 104 valence electrons. The number of nitrogen functional groups attached to an aromatic ring is 1. The fourth-order valence-electron chi connectivity index (χ4n) is 1.60. The Morgan fingerprint density at radius 2 is 1.95 bits per heavy atom. The third kappa shape index (κ3) is 3.05. The first kappa shape index (κ1) is 14.3. The van der Waals surface area contributed by atoms with E-state index in [2.05, 4.69) is 0 Å². The fourth-order valence-corrected chi connectivity index (χ4v) is 1.78. The molecule has 3 nitrogen and oxygen atoms in total. The molecule has 2 rings (SSSR count). The quantitative estimate of drug-likeness (QED) is 0.670. The lowest BCUT2D eigenvalue weighted by Gasteiger charge is -2.10. The molecule has 0 fully saturated rings. The second-order valence-corrected chi connectivity index (χ2v) is 4.44. The summed E-state index contributed by atoms with van der Waals surface area (Å²) in [5, 5.41) is 7.15. The molecule has 0 saturated carbocycles. The summed E-state index contributed by atoms with van der Waals surface area (Å²) in [6, 6.07) is 8.24. The number of nitrogens with one attached hydrogen (secondary N) is 1. The van der Waals surface area contributed by atoms with Gasteiger partial charge in [-0.1, -0.05) is 23.7 Å². The maximum atomic E-state index is 13.7. The van der Waals surface area contributed by atoms with E-state index in [9.17, 15) is 8.78 Å². The Morgan fingerprint density at radius 3 is 2.60 bits per heavy atom. The van der Waals surface area contributed by atoms with Gasteiger partial charge in [0.25, 0.3) is 0 Å². The van der Waals surface area contributed by atoms with Gasteiger partial charge in [0.15, 0.2) is 11.6 Å². The highest BCUT2D eigenvalue weighted by atomic mass is 35.5. The highest BCUT2D eigenvalue weighted by molar-refractivity contribution is 6.31. The number of halogens is 3. The molecule has 0 amide bonds. The van der Waals surface area contributed by atoms with Crippen molar-refractivity contribution in [3.63, 3.8) is 0 Å². The van der Waals surface area contributed by atoms with Crippen LogP contribution >= 0.6 is 11.6 Å². The molecule has 0 aliphatic rings. The van der Waals surface area contributed by atoms with Gasteiger partial charge in [0.2, 0.25) is 0 Å². The second kappa shape index (κ2) is 5.88. The zero-order valence-electron chi connectivity index (χ0n) is 10.3. The summed E-state index contributed by atoms with van der Waals surface area (Å²) >= 11 is 5.77.